The molecular weight excluding hydrogens is 500 g/mol. The van der Waals surface area contributed by atoms with Gasteiger partial charge < -0.3 is 24.8 Å². The zero-order chi connectivity index (χ0) is 28.9. The van der Waals surface area contributed by atoms with Crippen LogP contribution in [0.1, 0.15) is 53.0 Å². The van der Waals surface area contributed by atoms with E-state index in [2.05, 4.69) is 6.58 Å². The first kappa shape index (κ1) is 28.9. The van der Waals surface area contributed by atoms with Crippen molar-refractivity contribution in [3.63, 3.8) is 0 Å². The van der Waals surface area contributed by atoms with Crippen LogP contribution in [-0.2, 0) is 23.9 Å². The third kappa shape index (κ3) is 4.90. The Kier molecular flexibility index (Phi) is 7.78. The average molecular weight is 539 g/mol. The summed E-state index contributed by atoms with van der Waals surface area (Å²) in [6.45, 7) is 12.4. The molecule has 0 aliphatic heterocycles. The number of aliphatic hydroxyl groups excluding tert-OH is 3. The Labute approximate surface area is 229 Å². The molecule has 0 spiro atoms. The van der Waals surface area contributed by atoms with Gasteiger partial charge in [-0.3, -0.25) is 9.59 Å². The summed E-state index contributed by atoms with van der Waals surface area (Å²) < 4.78 is 11.4. The van der Waals surface area contributed by atoms with E-state index in [4.69, 9.17) is 9.47 Å². The summed E-state index contributed by atoms with van der Waals surface area (Å²) in [5.41, 5.74) is -0.300. The molecule has 210 valence electrons. The molecule has 0 aromatic heterocycles. The van der Waals surface area contributed by atoms with Crippen LogP contribution in [0, 0.1) is 22.7 Å². The fourth-order valence-electron chi connectivity index (χ4n) is 7.00. The summed E-state index contributed by atoms with van der Waals surface area (Å²) in [4.78, 5) is 38.0. The molecule has 8 atom stereocenters. The maximum absolute atomic E-state index is 13.1. The molecule has 0 saturated heterocycles. The highest BCUT2D eigenvalue weighted by Crippen LogP contribution is 2.59. The van der Waals surface area contributed by atoms with E-state index in [0.29, 0.717) is 16.7 Å². The predicted octanol–water partition coefficient (Wildman–Crippen LogP) is 3.15. The van der Waals surface area contributed by atoms with Crippen molar-refractivity contribution in [1.29, 1.82) is 0 Å². The number of allylic oxidation sites excluding steroid dienone is 1. The van der Waals surface area contributed by atoms with Crippen LogP contribution >= 0.6 is 0 Å². The zero-order valence-electron chi connectivity index (χ0n) is 23.1. The van der Waals surface area contributed by atoms with E-state index in [0.717, 1.165) is 5.56 Å². The van der Waals surface area contributed by atoms with Gasteiger partial charge in [-0.2, -0.15) is 0 Å². The number of carbonyl (C=O) groups is 3. The minimum atomic E-state index is -1.49. The van der Waals surface area contributed by atoms with Crippen LogP contribution in [0.4, 0.5) is 0 Å². The second-order valence-electron chi connectivity index (χ2n) is 11.8. The molecule has 2 saturated carbocycles. The van der Waals surface area contributed by atoms with Crippen molar-refractivity contribution >= 4 is 23.8 Å². The van der Waals surface area contributed by atoms with E-state index in [9.17, 15) is 29.7 Å². The van der Waals surface area contributed by atoms with Crippen LogP contribution in [-0.4, -0.2) is 63.6 Å². The Bertz CT molecular complexity index is 1230. The lowest BCUT2D eigenvalue weighted by Gasteiger charge is -2.59. The average Bonchev–Trinajstić information content (AvgIpc) is 2.87. The molecular formula is C31H38O8. The molecule has 4 rings (SSSR count). The lowest BCUT2D eigenvalue weighted by Crippen LogP contribution is -2.66. The van der Waals surface area contributed by atoms with E-state index in [1.807, 2.05) is 44.2 Å². The van der Waals surface area contributed by atoms with Gasteiger partial charge in [0.25, 0.3) is 0 Å². The van der Waals surface area contributed by atoms with Crippen LogP contribution in [0.2, 0.25) is 0 Å². The van der Waals surface area contributed by atoms with E-state index in [-0.39, 0.29) is 18.6 Å². The fourth-order valence-corrected chi connectivity index (χ4v) is 7.00. The molecule has 3 aliphatic rings. The molecule has 39 heavy (non-hydrogen) atoms. The summed E-state index contributed by atoms with van der Waals surface area (Å²) in [6.07, 6.45) is -3.27. The molecule has 1 aromatic carbocycles. The normalized spacial score (nSPS) is 36.2. The first-order chi connectivity index (χ1) is 18.2. The molecule has 1 aromatic rings. The maximum atomic E-state index is 13.1. The van der Waals surface area contributed by atoms with Crippen molar-refractivity contribution in [3.05, 3.63) is 65.3 Å². The van der Waals surface area contributed by atoms with Crippen molar-refractivity contribution < 1.29 is 39.2 Å². The van der Waals surface area contributed by atoms with Gasteiger partial charge in [-0.15, -0.1) is 0 Å². The van der Waals surface area contributed by atoms with E-state index >= 15 is 0 Å². The monoisotopic (exact) mass is 538 g/mol. The Morgan fingerprint density at radius 1 is 1.08 bits per heavy atom. The van der Waals surface area contributed by atoms with Crippen LogP contribution in [0.15, 0.2) is 59.7 Å². The van der Waals surface area contributed by atoms with E-state index in [1.165, 1.54) is 13.0 Å². The maximum Gasteiger partial charge on any atom is 0.331 e. The molecule has 8 nitrogen and oxygen atoms in total. The highest BCUT2D eigenvalue weighted by Gasteiger charge is 2.64. The van der Waals surface area contributed by atoms with Gasteiger partial charge in [0.05, 0.1) is 12.2 Å². The summed E-state index contributed by atoms with van der Waals surface area (Å²) >= 11 is 0. The molecule has 8 heteroatoms. The number of aliphatic hydroxyl groups is 3. The van der Waals surface area contributed by atoms with Crippen LogP contribution in [0.5, 0.6) is 0 Å². The molecule has 0 radical (unpaired) electrons. The quantitative estimate of drug-likeness (QED) is 0.303. The highest BCUT2D eigenvalue weighted by atomic mass is 16.6. The van der Waals surface area contributed by atoms with Crippen molar-refractivity contribution in [2.75, 3.05) is 0 Å². The summed E-state index contributed by atoms with van der Waals surface area (Å²) in [6, 6.07) is 9.22. The number of esters is 2. The number of fused-ring (bicyclic) bond motifs is 3. The SMILES string of the molecule is C=C1[C@@H](OC(=O)/C=C/c2ccccc2)C[C@H](O)[C@@]2(C)[C@@H](O)[C@H](OC(C)=O)C3=C(C)C(=O)C[C@@H]([C@@H](O)[C@H]12)C3(C)C. The number of carbonyl (C=O) groups excluding carboxylic acids is 3. The van der Waals surface area contributed by atoms with Gasteiger partial charge in [0.2, 0.25) is 0 Å². The van der Waals surface area contributed by atoms with Crippen LogP contribution in [0.3, 0.4) is 0 Å². The van der Waals surface area contributed by atoms with Gasteiger partial charge in [-0.25, -0.2) is 4.79 Å². The molecule has 0 amide bonds. The van der Waals surface area contributed by atoms with Gasteiger partial charge >= 0.3 is 11.9 Å². The van der Waals surface area contributed by atoms with Gasteiger partial charge in [0.1, 0.15) is 12.2 Å². The van der Waals surface area contributed by atoms with Crippen LogP contribution in [0.25, 0.3) is 6.08 Å². The largest absolute Gasteiger partial charge is 0.455 e. The van der Waals surface area contributed by atoms with Crippen molar-refractivity contribution in [2.24, 2.45) is 22.7 Å². The van der Waals surface area contributed by atoms with Gasteiger partial charge in [-0.05, 0) is 40.7 Å². The molecule has 2 bridgehead atoms. The zero-order valence-corrected chi connectivity index (χ0v) is 23.1. The van der Waals surface area contributed by atoms with Crippen molar-refractivity contribution in [2.45, 2.75) is 78.0 Å². The molecule has 0 heterocycles. The van der Waals surface area contributed by atoms with Gasteiger partial charge in [-0.1, -0.05) is 57.7 Å². The molecule has 2 fully saturated rings. The Morgan fingerprint density at radius 2 is 1.72 bits per heavy atom. The Morgan fingerprint density at radius 3 is 2.33 bits per heavy atom. The summed E-state index contributed by atoms with van der Waals surface area (Å²) in [5, 5.41) is 35.2. The van der Waals surface area contributed by atoms with E-state index in [1.54, 1.807) is 19.9 Å². The van der Waals surface area contributed by atoms with Gasteiger partial charge in [0.15, 0.2) is 11.9 Å². The highest BCUT2D eigenvalue weighted by molar-refractivity contribution is 5.97. The summed E-state index contributed by atoms with van der Waals surface area (Å²) in [7, 11) is 0. The standard InChI is InChI=1S/C31H38O8/c1-16-21(33)14-20-27(36)25-17(2)22(39-24(35)13-12-19-10-8-7-9-11-19)15-23(34)31(25,6)29(37)28(38-18(3)32)26(16)30(20,4)5/h7-13,20,22-23,25,27-29,34,36-37H,2,14-15H2,1,3-6H3/b13-12+/t20-,22-,23-,25-,27+,28+,29-,31+/m0/s1. The van der Waals surface area contributed by atoms with E-state index < -0.39 is 65.1 Å². The second kappa shape index (κ2) is 10.5. The third-order valence-corrected chi connectivity index (χ3v) is 9.21. The fraction of sp³-hybridized carbons (Fsp3) is 0.516. The Hall–Kier alpha value is -3.07. The summed E-state index contributed by atoms with van der Waals surface area (Å²) in [5.74, 6) is -3.10. The minimum absolute atomic E-state index is 0.0343. The number of hydrogen-bond acceptors (Lipinski definition) is 8. The number of rotatable bonds is 4. The number of ketones is 1. The molecule has 0 unspecified atom stereocenters. The second-order valence-corrected chi connectivity index (χ2v) is 11.8. The third-order valence-electron chi connectivity index (χ3n) is 9.21. The van der Waals surface area contributed by atoms with Gasteiger partial charge in [0, 0.05) is 43.1 Å². The molecule has 3 N–H and O–H groups in total. The Balaban J connectivity index is 1.75. The number of Topliss-reactive ketones (excluding diaryl/α,β-unsaturated/α-hetero) is 1. The molecule has 3 aliphatic carbocycles. The number of benzene rings is 1. The minimum Gasteiger partial charge on any atom is -0.455 e. The number of hydrogen-bond donors (Lipinski definition) is 3. The topological polar surface area (TPSA) is 130 Å². The lowest BCUT2D eigenvalue weighted by atomic mass is 9.49. The van der Waals surface area contributed by atoms with Crippen LogP contribution < -0.4 is 0 Å². The number of ether oxygens (including phenoxy) is 2. The first-order valence-corrected chi connectivity index (χ1v) is 13.3. The smallest absolute Gasteiger partial charge is 0.331 e. The predicted molar refractivity (Wildman–Crippen MR) is 144 cm³/mol. The van der Waals surface area contributed by atoms with Crippen molar-refractivity contribution in [3.8, 4) is 0 Å². The van der Waals surface area contributed by atoms with Crippen molar-refractivity contribution in [1.82, 2.24) is 0 Å². The lowest BCUT2D eigenvalue weighted by molar-refractivity contribution is -0.205. The first-order valence-electron chi connectivity index (χ1n) is 13.3.